The van der Waals surface area contributed by atoms with Crippen molar-refractivity contribution in [1.29, 1.82) is 5.41 Å². The van der Waals surface area contributed by atoms with Gasteiger partial charge in [-0.1, -0.05) is 153 Å². The van der Waals surface area contributed by atoms with E-state index in [-0.39, 0.29) is 0 Å². The molecule has 0 saturated heterocycles. The van der Waals surface area contributed by atoms with Crippen LogP contribution in [0.3, 0.4) is 0 Å². The SMILES string of the molecule is C=C1CCCCCCCCCCCCC(=C)C(=N)CCCCCCCCCCCCC(=C)CCCCCCC1. The molecular weight excluding hydrogens is 470 g/mol. The summed E-state index contributed by atoms with van der Waals surface area (Å²) < 4.78 is 0. The van der Waals surface area contributed by atoms with Crippen LogP contribution in [0.2, 0.25) is 0 Å². The zero-order valence-corrected chi connectivity index (χ0v) is 26.5. The Morgan fingerprint density at radius 1 is 0.282 bits per heavy atom. The van der Waals surface area contributed by atoms with E-state index in [1.54, 1.807) is 0 Å². The van der Waals surface area contributed by atoms with Gasteiger partial charge < -0.3 is 5.41 Å². The summed E-state index contributed by atoms with van der Waals surface area (Å²) >= 11 is 0. The Kier molecular flexibility index (Phi) is 24.9. The van der Waals surface area contributed by atoms with Gasteiger partial charge in [-0.25, -0.2) is 0 Å². The third-order valence-electron chi connectivity index (χ3n) is 8.95. The molecule has 1 nitrogen and oxygen atoms in total. The lowest BCUT2D eigenvalue weighted by atomic mass is 9.98. The molecule has 0 aromatic rings. The molecule has 1 fully saturated rings. The average molecular weight is 540 g/mol. The summed E-state index contributed by atoms with van der Waals surface area (Å²) in [6, 6.07) is 0. The van der Waals surface area contributed by atoms with Crippen molar-refractivity contribution in [1.82, 2.24) is 0 Å². The molecule has 1 rings (SSSR count). The first-order chi connectivity index (χ1) is 19.1. The van der Waals surface area contributed by atoms with Gasteiger partial charge in [-0.2, -0.15) is 0 Å². The first-order valence-electron chi connectivity index (χ1n) is 17.7. The molecule has 0 amide bonds. The van der Waals surface area contributed by atoms with Gasteiger partial charge in [0.1, 0.15) is 0 Å². The topological polar surface area (TPSA) is 23.9 Å². The highest BCUT2D eigenvalue weighted by molar-refractivity contribution is 5.96. The van der Waals surface area contributed by atoms with E-state index in [2.05, 4.69) is 19.7 Å². The van der Waals surface area contributed by atoms with E-state index < -0.39 is 0 Å². The molecule has 39 heavy (non-hydrogen) atoms. The molecule has 0 aromatic heterocycles. The van der Waals surface area contributed by atoms with E-state index >= 15 is 0 Å². The van der Waals surface area contributed by atoms with Crippen LogP contribution in [-0.4, -0.2) is 5.71 Å². The molecule has 0 aliphatic heterocycles. The minimum Gasteiger partial charge on any atom is -0.305 e. The minimum absolute atomic E-state index is 0.828. The Balaban J connectivity index is 2.21. The summed E-state index contributed by atoms with van der Waals surface area (Å²) in [6.07, 6.45) is 41.0. The maximum absolute atomic E-state index is 8.36. The number of allylic oxidation sites excluding steroid dienone is 3. The Bertz CT molecular complexity index is 573. The van der Waals surface area contributed by atoms with Gasteiger partial charge in [0, 0.05) is 5.71 Å². The summed E-state index contributed by atoms with van der Waals surface area (Å²) in [6.45, 7) is 12.9. The Morgan fingerprint density at radius 2 is 0.487 bits per heavy atom. The van der Waals surface area contributed by atoms with Crippen LogP contribution in [0, 0.1) is 5.41 Å². The molecule has 0 aromatic carbocycles. The van der Waals surface area contributed by atoms with Crippen LogP contribution in [-0.2, 0) is 0 Å². The molecule has 0 heterocycles. The number of nitrogens with one attached hydrogen (secondary N) is 1. The van der Waals surface area contributed by atoms with E-state index in [0.29, 0.717) is 0 Å². The van der Waals surface area contributed by atoms with Crippen molar-refractivity contribution in [3.8, 4) is 0 Å². The summed E-state index contributed by atoms with van der Waals surface area (Å²) in [5, 5.41) is 8.36. The second-order valence-corrected chi connectivity index (χ2v) is 12.9. The zero-order chi connectivity index (χ0) is 28.2. The van der Waals surface area contributed by atoms with Crippen molar-refractivity contribution in [2.45, 2.75) is 199 Å². The second-order valence-electron chi connectivity index (χ2n) is 12.9. The van der Waals surface area contributed by atoms with Crippen molar-refractivity contribution in [3.63, 3.8) is 0 Å². The summed E-state index contributed by atoms with van der Waals surface area (Å²) in [5.41, 5.74) is 4.92. The van der Waals surface area contributed by atoms with E-state index in [0.717, 1.165) is 24.1 Å². The van der Waals surface area contributed by atoms with Crippen LogP contribution in [0.1, 0.15) is 199 Å². The molecule has 0 radical (unpaired) electrons. The van der Waals surface area contributed by atoms with Crippen LogP contribution in [0.5, 0.6) is 0 Å². The van der Waals surface area contributed by atoms with Gasteiger partial charge in [-0.15, -0.1) is 0 Å². The quantitative estimate of drug-likeness (QED) is 0.296. The van der Waals surface area contributed by atoms with Gasteiger partial charge in [0.15, 0.2) is 0 Å². The van der Waals surface area contributed by atoms with E-state index in [4.69, 9.17) is 5.41 Å². The van der Waals surface area contributed by atoms with Crippen LogP contribution in [0.25, 0.3) is 0 Å². The van der Waals surface area contributed by atoms with Gasteiger partial charge in [0.05, 0.1) is 0 Å². The normalized spacial score (nSPS) is 23.0. The fourth-order valence-electron chi connectivity index (χ4n) is 6.08. The van der Waals surface area contributed by atoms with E-state index in [9.17, 15) is 0 Å². The van der Waals surface area contributed by atoms with Crippen molar-refractivity contribution in [3.05, 3.63) is 36.5 Å². The predicted octanol–water partition coefficient (Wildman–Crippen LogP) is 13.8. The zero-order valence-electron chi connectivity index (χ0n) is 26.5. The number of hydrogen-bond acceptors (Lipinski definition) is 1. The lowest BCUT2D eigenvalue weighted by molar-refractivity contribution is 0.548. The number of rotatable bonds is 0. The van der Waals surface area contributed by atoms with E-state index in [1.807, 2.05) is 0 Å². The van der Waals surface area contributed by atoms with Gasteiger partial charge >= 0.3 is 0 Å². The van der Waals surface area contributed by atoms with Crippen molar-refractivity contribution < 1.29 is 0 Å². The summed E-state index contributed by atoms with van der Waals surface area (Å²) in [4.78, 5) is 0. The van der Waals surface area contributed by atoms with Crippen LogP contribution < -0.4 is 0 Å². The Labute approximate surface area is 246 Å². The highest BCUT2D eigenvalue weighted by atomic mass is 14.4. The third-order valence-corrected chi connectivity index (χ3v) is 8.95. The Hall–Kier alpha value is -1.11. The van der Waals surface area contributed by atoms with Crippen molar-refractivity contribution >= 4 is 5.71 Å². The van der Waals surface area contributed by atoms with Crippen molar-refractivity contribution in [2.24, 2.45) is 0 Å². The molecule has 0 unspecified atom stereocenters. The maximum Gasteiger partial charge on any atom is 0.0339 e. The highest BCUT2D eigenvalue weighted by Gasteiger charge is 2.04. The largest absolute Gasteiger partial charge is 0.305 e. The van der Waals surface area contributed by atoms with Gasteiger partial charge in [0.25, 0.3) is 0 Å². The molecular formula is C38H69N. The van der Waals surface area contributed by atoms with Crippen LogP contribution >= 0.6 is 0 Å². The molecule has 226 valence electrons. The molecule has 0 spiro atoms. The molecule has 0 bridgehead atoms. The molecule has 1 aliphatic rings. The van der Waals surface area contributed by atoms with Gasteiger partial charge in [0.2, 0.25) is 0 Å². The first-order valence-corrected chi connectivity index (χ1v) is 17.7. The molecule has 1 aliphatic carbocycles. The predicted molar refractivity (Wildman–Crippen MR) is 178 cm³/mol. The Morgan fingerprint density at radius 3 is 0.769 bits per heavy atom. The third kappa shape index (κ3) is 24.4. The molecule has 1 N–H and O–H groups in total. The molecule has 0 atom stereocenters. The molecule has 1 heteroatoms. The summed E-state index contributed by atoms with van der Waals surface area (Å²) in [7, 11) is 0. The van der Waals surface area contributed by atoms with Crippen molar-refractivity contribution in [2.75, 3.05) is 0 Å². The van der Waals surface area contributed by atoms with E-state index in [1.165, 1.54) is 197 Å². The van der Waals surface area contributed by atoms with Gasteiger partial charge in [-0.05, 0) is 82.6 Å². The van der Waals surface area contributed by atoms with Crippen LogP contribution in [0.15, 0.2) is 36.5 Å². The second kappa shape index (κ2) is 27.1. The van der Waals surface area contributed by atoms with Gasteiger partial charge in [-0.3, -0.25) is 0 Å². The lowest BCUT2D eigenvalue weighted by Gasteiger charge is -2.08. The first kappa shape index (κ1) is 35.9. The highest BCUT2D eigenvalue weighted by Crippen LogP contribution is 2.20. The average Bonchev–Trinajstić information content (AvgIpc) is 2.92. The summed E-state index contributed by atoms with van der Waals surface area (Å²) in [5.74, 6) is 0. The monoisotopic (exact) mass is 540 g/mol. The standard InChI is InChI=1S/C38H69N/c1-35-29-23-17-12-8-4-6-10-14-21-27-33-37(3)38(39)34-28-22-15-11-7-5-9-13-18-24-30-36(2)32-26-20-16-19-25-31-35/h39H,1-34H2. The van der Waals surface area contributed by atoms with Crippen LogP contribution in [0.4, 0.5) is 0 Å². The molecule has 1 saturated carbocycles. The smallest absolute Gasteiger partial charge is 0.0339 e. The fourth-order valence-corrected chi connectivity index (χ4v) is 6.08. The number of hydrogen-bond donors (Lipinski definition) is 1. The maximum atomic E-state index is 8.36. The lowest BCUT2D eigenvalue weighted by Crippen LogP contribution is -2.00. The fraction of sp³-hybridized carbons (Fsp3) is 0.816. The minimum atomic E-state index is 0.828.